The van der Waals surface area contributed by atoms with Crippen LogP contribution in [0.3, 0.4) is 0 Å². The Balaban J connectivity index is 1.17. The molecule has 0 atom stereocenters. The van der Waals surface area contributed by atoms with Crippen molar-refractivity contribution >= 4 is 49.9 Å². The van der Waals surface area contributed by atoms with Crippen LogP contribution in [0.15, 0.2) is 211 Å². The molecule has 0 bridgehead atoms. The van der Waals surface area contributed by atoms with Crippen molar-refractivity contribution < 1.29 is 4.42 Å². The number of benzene rings is 8. The standard InChI is InChI=1S/C52H34N2O/c1-4-14-35(15-5-1)36-24-27-40(28-25-36)54(51-50-45(32-33-53-51)44-30-26-37-16-10-11-21-42(37)49(44)55-50)41-29-31-48-46(34-41)43-22-12-13-23-47(43)52(48,38-17-6-2-7-18-38)39-19-8-3-9-20-39/h1-34H. The summed E-state index contributed by atoms with van der Waals surface area (Å²) in [7, 11) is 0. The van der Waals surface area contributed by atoms with Crippen molar-refractivity contribution in [2.75, 3.05) is 4.90 Å². The maximum atomic E-state index is 6.91. The molecule has 2 heterocycles. The average molecular weight is 703 g/mol. The summed E-state index contributed by atoms with van der Waals surface area (Å²) in [5.41, 5.74) is 12.9. The zero-order chi connectivity index (χ0) is 36.3. The van der Waals surface area contributed by atoms with Gasteiger partial charge in [0.1, 0.15) is 5.58 Å². The summed E-state index contributed by atoms with van der Waals surface area (Å²) in [4.78, 5) is 7.37. The number of anilines is 3. The van der Waals surface area contributed by atoms with Gasteiger partial charge in [-0.3, -0.25) is 4.90 Å². The quantitative estimate of drug-likeness (QED) is 0.173. The van der Waals surface area contributed by atoms with Crippen molar-refractivity contribution in [2.24, 2.45) is 0 Å². The molecule has 10 aromatic rings. The van der Waals surface area contributed by atoms with E-state index in [1.807, 2.05) is 6.20 Å². The van der Waals surface area contributed by atoms with Crippen molar-refractivity contribution in [1.82, 2.24) is 4.98 Å². The van der Waals surface area contributed by atoms with Gasteiger partial charge in [0.25, 0.3) is 0 Å². The van der Waals surface area contributed by atoms with Gasteiger partial charge in [0, 0.05) is 33.7 Å². The van der Waals surface area contributed by atoms with Gasteiger partial charge in [-0.2, -0.15) is 0 Å². The predicted molar refractivity (Wildman–Crippen MR) is 226 cm³/mol. The summed E-state index contributed by atoms with van der Waals surface area (Å²) in [6, 6.07) is 71.9. The first kappa shape index (κ1) is 31.3. The van der Waals surface area contributed by atoms with E-state index in [-0.39, 0.29) is 0 Å². The molecule has 55 heavy (non-hydrogen) atoms. The van der Waals surface area contributed by atoms with Crippen molar-refractivity contribution in [2.45, 2.75) is 5.41 Å². The second-order valence-electron chi connectivity index (χ2n) is 14.3. The van der Waals surface area contributed by atoms with Crippen LogP contribution >= 0.6 is 0 Å². The summed E-state index contributed by atoms with van der Waals surface area (Å²) < 4.78 is 6.91. The number of nitrogens with zero attached hydrogens (tertiary/aromatic N) is 2. The van der Waals surface area contributed by atoms with Crippen LogP contribution in [-0.2, 0) is 5.41 Å². The number of pyridine rings is 1. The van der Waals surface area contributed by atoms with Crippen LogP contribution in [0, 0.1) is 0 Å². The summed E-state index contributed by atoms with van der Waals surface area (Å²) >= 11 is 0. The van der Waals surface area contributed by atoms with Gasteiger partial charge >= 0.3 is 0 Å². The SMILES string of the molecule is c1ccc(-c2ccc(N(c3ccc4c(c3)-c3ccccc3C4(c3ccccc3)c3ccccc3)c3nccc4c3oc3c5ccccc5ccc43)cc2)cc1. The third-order valence-electron chi connectivity index (χ3n) is 11.4. The van der Waals surface area contributed by atoms with Gasteiger partial charge in [-0.15, -0.1) is 0 Å². The monoisotopic (exact) mass is 702 g/mol. The van der Waals surface area contributed by atoms with E-state index < -0.39 is 5.41 Å². The number of hydrogen-bond donors (Lipinski definition) is 0. The summed E-state index contributed by atoms with van der Waals surface area (Å²) in [5.74, 6) is 0.744. The molecular formula is C52H34N2O. The lowest BCUT2D eigenvalue weighted by molar-refractivity contribution is 0.671. The molecule has 1 aliphatic carbocycles. The van der Waals surface area contributed by atoms with E-state index in [0.29, 0.717) is 0 Å². The highest BCUT2D eigenvalue weighted by Gasteiger charge is 2.46. The fourth-order valence-electron chi connectivity index (χ4n) is 8.98. The highest BCUT2D eigenvalue weighted by Crippen LogP contribution is 2.57. The van der Waals surface area contributed by atoms with Gasteiger partial charge in [0.05, 0.1) is 5.41 Å². The maximum Gasteiger partial charge on any atom is 0.181 e. The Kier molecular flexibility index (Phi) is 7.08. The van der Waals surface area contributed by atoms with Gasteiger partial charge in [-0.1, -0.05) is 164 Å². The first-order chi connectivity index (χ1) is 27.3. The summed E-state index contributed by atoms with van der Waals surface area (Å²) in [5, 5.41) is 4.35. The lowest BCUT2D eigenvalue weighted by atomic mass is 9.68. The van der Waals surface area contributed by atoms with E-state index in [2.05, 4.69) is 205 Å². The maximum absolute atomic E-state index is 6.91. The first-order valence-electron chi connectivity index (χ1n) is 18.8. The second kappa shape index (κ2) is 12.4. The molecule has 0 saturated heterocycles. The molecule has 0 fully saturated rings. The molecule has 2 aromatic heterocycles. The van der Waals surface area contributed by atoms with Crippen molar-refractivity contribution in [1.29, 1.82) is 0 Å². The minimum atomic E-state index is -0.479. The Morgan fingerprint density at radius 1 is 0.418 bits per heavy atom. The van der Waals surface area contributed by atoms with Crippen LogP contribution in [0.4, 0.5) is 17.2 Å². The molecule has 0 spiro atoms. The Bertz CT molecular complexity index is 2980. The van der Waals surface area contributed by atoms with E-state index >= 15 is 0 Å². The number of furan rings is 1. The third kappa shape index (κ3) is 4.73. The highest BCUT2D eigenvalue weighted by molar-refractivity contribution is 6.17. The largest absolute Gasteiger partial charge is 0.451 e. The lowest BCUT2D eigenvalue weighted by Gasteiger charge is -2.34. The number of fused-ring (bicyclic) bond motifs is 8. The normalized spacial score (nSPS) is 12.9. The molecule has 0 aliphatic heterocycles. The van der Waals surface area contributed by atoms with E-state index in [0.717, 1.165) is 55.5 Å². The van der Waals surface area contributed by atoms with Crippen molar-refractivity contribution in [3.63, 3.8) is 0 Å². The Labute approximate surface area is 319 Å². The molecule has 3 heteroatoms. The van der Waals surface area contributed by atoms with Gasteiger partial charge in [0.2, 0.25) is 0 Å². The molecule has 1 aliphatic rings. The average Bonchev–Trinajstić information content (AvgIpc) is 3.80. The van der Waals surface area contributed by atoms with E-state index in [9.17, 15) is 0 Å². The zero-order valence-electron chi connectivity index (χ0n) is 29.9. The van der Waals surface area contributed by atoms with Gasteiger partial charge in [-0.25, -0.2) is 4.98 Å². The van der Waals surface area contributed by atoms with Crippen LogP contribution in [0.25, 0.3) is 55.0 Å². The van der Waals surface area contributed by atoms with Crippen LogP contribution in [0.5, 0.6) is 0 Å². The highest BCUT2D eigenvalue weighted by atomic mass is 16.3. The van der Waals surface area contributed by atoms with E-state index in [4.69, 9.17) is 9.40 Å². The summed E-state index contributed by atoms with van der Waals surface area (Å²) in [6.45, 7) is 0. The molecule has 8 aromatic carbocycles. The van der Waals surface area contributed by atoms with Gasteiger partial charge < -0.3 is 4.42 Å². The number of hydrogen-bond acceptors (Lipinski definition) is 3. The summed E-state index contributed by atoms with van der Waals surface area (Å²) in [6.07, 6.45) is 1.91. The predicted octanol–water partition coefficient (Wildman–Crippen LogP) is 13.6. The zero-order valence-corrected chi connectivity index (χ0v) is 29.9. The molecule has 3 nitrogen and oxygen atoms in total. The molecule has 0 amide bonds. The van der Waals surface area contributed by atoms with E-state index in [1.165, 1.54) is 38.9 Å². The van der Waals surface area contributed by atoms with Crippen LogP contribution in [0.1, 0.15) is 22.3 Å². The first-order valence-corrected chi connectivity index (χ1v) is 18.8. The minimum Gasteiger partial charge on any atom is -0.451 e. The van der Waals surface area contributed by atoms with Crippen LogP contribution < -0.4 is 4.90 Å². The van der Waals surface area contributed by atoms with Crippen molar-refractivity contribution in [3.8, 4) is 22.3 Å². The second-order valence-corrected chi connectivity index (χ2v) is 14.3. The van der Waals surface area contributed by atoms with Crippen LogP contribution in [0.2, 0.25) is 0 Å². The third-order valence-corrected chi connectivity index (χ3v) is 11.4. The molecular weight excluding hydrogens is 669 g/mol. The molecule has 0 radical (unpaired) electrons. The number of aromatic nitrogens is 1. The van der Waals surface area contributed by atoms with E-state index in [1.54, 1.807) is 0 Å². The topological polar surface area (TPSA) is 29.3 Å². The smallest absolute Gasteiger partial charge is 0.181 e. The fraction of sp³-hybridized carbons (Fsp3) is 0.0192. The Morgan fingerprint density at radius 3 is 1.78 bits per heavy atom. The van der Waals surface area contributed by atoms with Gasteiger partial charge in [-0.05, 0) is 86.3 Å². The molecule has 0 saturated carbocycles. The molecule has 0 unspecified atom stereocenters. The fourth-order valence-corrected chi connectivity index (χ4v) is 8.98. The molecule has 0 N–H and O–H groups in total. The molecule has 258 valence electrons. The Hall–Kier alpha value is -7.23. The van der Waals surface area contributed by atoms with Crippen molar-refractivity contribution in [3.05, 3.63) is 229 Å². The number of rotatable bonds is 6. The lowest BCUT2D eigenvalue weighted by Crippen LogP contribution is -2.28. The molecule has 11 rings (SSSR count). The minimum absolute atomic E-state index is 0.479. The van der Waals surface area contributed by atoms with Gasteiger partial charge in [0.15, 0.2) is 11.4 Å². The Morgan fingerprint density at radius 2 is 1.02 bits per heavy atom. The van der Waals surface area contributed by atoms with Crippen LogP contribution in [-0.4, -0.2) is 4.98 Å².